The molecule has 0 fully saturated rings. The van der Waals surface area contributed by atoms with E-state index in [1.807, 2.05) is 77.3 Å². The van der Waals surface area contributed by atoms with Crippen LogP contribution >= 0.6 is 0 Å². The van der Waals surface area contributed by atoms with Gasteiger partial charge < -0.3 is 4.90 Å². The van der Waals surface area contributed by atoms with Gasteiger partial charge in [-0.05, 0) is 25.0 Å². The largest absolute Gasteiger partial charge is 0.303 e. The minimum absolute atomic E-state index is 0.0196. The van der Waals surface area contributed by atoms with Crippen LogP contribution in [0.5, 0.6) is 0 Å². The van der Waals surface area contributed by atoms with Crippen LogP contribution in [0.2, 0.25) is 0 Å². The van der Waals surface area contributed by atoms with Crippen LogP contribution in [0.15, 0.2) is 79.1 Å². The van der Waals surface area contributed by atoms with Crippen molar-refractivity contribution in [2.75, 3.05) is 4.90 Å². The summed E-state index contributed by atoms with van der Waals surface area (Å²) in [5.74, 6) is 0.0402. The van der Waals surface area contributed by atoms with Crippen molar-refractivity contribution in [3.05, 3.63) is 95.8 Å². The summed E-state index contributed by atoms with van der Waals surface area (Å²) >= 11 is 0. The molecule has 0 aliphatic carbocycles. The number of carbonyl (C=O) groups is 2. The van der Waals surface area contributed by atoms with Gasteiger partial charge in [0.25, 0.3) is 5.91 Å². The van der Waals surface area contributed by atoms with E-state index >= 15 is 0 Å². The predicted molar refractivity (Wildman–Crippen MR) is 108 cm³/mol. The van der Waals surface area contributed by atoms with Gasteiger partial charge in [-0.1, -0.05) is 48.5 Å². The van der Waals surface area contributed by atoms with E-state index < -0.39 is 0 Å². The number of anilines is 1. The second-order valence-corrected chi connectivity index (χ2v) is 7.30. The fraction of sp³-hybridized carbons (Fsp3) is 0.208. The summed E-state index contributed by atoms with van der Waals surface area (Å²) in [5, 5.41) is 0. The molecule has 0 unspecified atom stereocenters. The first-order chi connectivity index (χ1) is 13.6. The van der Waals surface area contributed by atoms with E-state index in [4.69, 9.17) is 0 Å². The number of hydrogen-bond donors (Lipinski definition) is 0. The standard InChI is InChI=1S/C24H23N2O2/c1-17-16-21-10-6-7-11-22(21)26(17)24(28)18(2)25-14-12-20(13-15-25)23(27)19-8-4-3-5-9-19/h3-15,17-18H,16H2,1-2H3/q+1/t17-,18+/m0/s1. The van der Waals surface area contributed by atoms with Crippen LogP contribution in [0.3, 0.4) is 0 Å². The van der Waals surface area contributed by atoms with Gasteiger partial charge in [0.05, 0.1) is 0 Å². The monoisotopic (exact) mass is 371 g/mol. The van der Waals surface area contributed by atoms with Gasteiger partial charge in [-0.25, -0.2) is 0 Å². The quantitative estimate of drug-likeness (QED) is 0.518. The first-order valence-corrected chi connectivity index (χ1v) is 9.58. The highest BCUT2D eigenvalue weighted by atomic mass is 16.2. The van der Waals surface area contributed by atoms with Crippen molar-refractivity contribution in [2.45, 2.75) is 32.4 Å². The number of pyridine rings is 1. The van der Waals surface area contributed by atoms with Crippen molar-refractivity contribution in [2.24, 2.45) is 0 Å². The molecular formula is C24H23N2O2+. The highest BCUT2D eigenvalue weighted by molar-refractivity contribution is 6.08. The van der Waals surface area contributed by atoms with Crippen LogP contribution in [0.4, 0.5) is 5.69 Å². The van der Waals surface area contributed by atoms with Crippen LogP contribution in [-0.4, -0.2) is 17.7 Å². The average molecular weight is 371 g/mol. The van der Waals surface area contributed by atoms with Crippen LogP contribution in [0, 0.1) is 0 Å². The average Bonchev–Trinajstić information content (AvgIpc) is 3.08. The molecule has 0 N–H and O–H groups in total. The third-order valence-corrected chi connectivity index (χ3v) is 5.40. The molecule has 3 aromatic rings. The second kappa shape index (κ2) is 7.39. The number of fused-ring (bicyclic) bond motifs is 1. The number of hydrogen-bond acceptors (Lipinski definition) is 2. The zero-order valence-corrected chi connectivity index (χ0v) is 16.1. The SMILES string of the molecule is C[C@H](C(=O)N1c2ccccc2C[C@@H]1C)[n+]1ccc(C(=O)c2ccccc2)cc1. The number of nitrogens with zero attached hydrogens (tertiary/aromatic N) is 2. The summed E-state index contributed by atoms with van der Waals surface area (Å²) < 4.78 is 1.86. The number of ketones is 1. The van der Waals surface area contributed by atoms with Gasteiger partial charge in [-0.2, -0.15) is 4.57 Å². The molecule has 4 heteroatoms. The van der Waals surface area contributed by atoms with Crippen LogP contribution in [0.1, 0.15) is 41.4 Å². The van der Waals surface area contributed by atoms with E-state index in [-0.39, 0.29) is 23.8 Å². The summed E-state index contributed by atoms with van der Waals surface area (Å²) in [7, 11) is 0. The van der Waals surface area contributed by atoms with E-state index in [1.54, 1.807) is 12.1 Å². The van der Waals surface area contributed by atoms with Crippen LogP contribution in [0.25, 0.3) is 0 Å². The van der Waals surface area contributed by atoms with Crippen molar-refractivity contribution in [3.8, 4) is 0 Å². The molecule has 4 nitrogen and oxygen atoms in total. The van der Waals surface area contributed by atoms with Gasteiger partial charge in [0, 0.05) is 41.9 Å². The number of carbonyl (C=O) groups excluding carboxylic acids is 2. The van der Waals surface area contributed by atoms with Gasteiger partial charge in [0.15, 0.2) is 18.2 Å². The minimum Gasteiger partial charge on any atom is -0.303 e. The lowest BCUT2D eigenvalue weighted by Crippen LogP contribution is -2.49. The van der Waals surface area contributed by atoms with E-state index in [9.17, 15) is 9.59 Å². The van der Waals surface area contributed by atoms with Crippen molar-refractivity contribution >= 4 is 17.4 Å². The molecule has 2 heterocycles. The zero-order chi connectivity index (χ0) is 19.7. The number of rotatable bonds is 4. The fourth-order valence-corrected chi connectivity index (χ4v) is 3.83. The Balaban J connectivity index is 1.55. The minimum atomic E-state index is -0.352. The van der Waals surface area contributed by atoms with E-state index in [2.05, 4.69) is 13.0 Å². The molecule has 0 radical (unpaired) electrons. The van der Waals surface area contributed by atoms with Crippen molar-refractivity contribution in [3.63, 3.8) is 0 Å². The maximum absolute atomic E-state index is 13.2. The first-order valence-electron chi connectivity index (χ1n) is 9.58. The summed E-state index contributed by atoms with van der Waals surface area (Å²) in [6.45, 7) is 3.98. The van der Waals surface area contributed by atoms with Gasteiger partial charge in [0.1, 0.15) is 0 Å². The summed E-state index contributed by atoms with van der Waals surface area (Å²) in [6.07, 6.45) is 4.50. The van der Waals surface area contributed by atoms with E-state index in [0.717, 1.165) is 12.1 Å². The Kier molecular flexibility index (Phi) is 4.78. The molecular weight excluding hydrogens is 348 g/mol. The Morgan fingerprint density at radius 2 is 1.54 bits per heavy atom. The third-order valence-electron chi connectivity index (χ3n) is 5.40. The maximum atomic E-state index is 13.2. The Hall–Kier alpha value is -3.27. The number of amides is 1. The molecule has 2 aromatic carbocycles. The Labute approximate surface area is 165 Å². The molecule has 1 aliphatic rings. The maximum Gasteiger partial charge on any atom is 0.296 e. The lowest BCUT2D eigenvalue weighted by molar-refractivity contribution is -0.705. The smallest absolute Gasteiger partial charge is 0.296 e. The fourth-order valence-electron chi connectivity index (χ4n) is 3.83. The highest BCUT2D eigenvalue weighted by Crippen LogP contribution is 2.32. The Morgan fingerprint density at radius 1 is 0.929 bits per heavy atom. The highest BCUT2D eigenvalue weighted by Gasteiger charge is 2.36. The third kappa shape index (κ3) is 3.22. The summed E-state index contributed by atoms with van der Waals surface area (Å²) in [5.41, 5.74) is 3.49. The summed E-state index contributed by atoms with van der Waals surface area (Å²) in [4.78, 5) is 27.7. The van der Waals surface area contributed by atoms with Crippen molar-refractivity contribution in [1.82, 2.24) is 0 Å². The van der Waals surface area contributed by atoms with Crippen LogP contribution in [-0.2, 0) is 11.2 Å². The Bertz CT molecular complexity index is 1010. The van der Waals surface area contributed by atoms with Gasteiger partial charge >= 0.3 is 0 Å². The molecule has 1 aliphatic heterocycles. The molecule has 2 atom stereocenters. The van der Waals surface area contributed by atoms with Gasteiger partial charge in [-0.15, -0.1) is 0 Å². The lowest BCUT2D eigenvalue weighted by Gasteiger charge is -2.23. The molecule has 0 spiro atoms. The molecule has 1 aromatic heterocycles. The van der Waals surface area contributed by atoms with Crippen molar-refractivity contribution in [1.29, 1.82) is 0 Å². The number of aromatic nitrogens is 1. The molecule has 4 rings (SSSR count). The molecule has 28 heavy (non-hydrogen) atoms. The summed E-state index contributed by atoms with van der Waals surface area (Å²) in [6, 6.07) is 20.6. The van der Waals surface area contributed by atoms with Crippen molar-refractivity contribution < 1.29 is 14.2 Å². The van der Waals surface area contributed by atoms with E-state index in [1.165, 1.54) is 5.56 Å². The normalized spacial score (nSPS) is 16.5. The van der Waals surface area contributed by atoms with Crippen LogP contribution < -0.4 is 9.47 Å². The Morgan fingerprint density at radius 3 is 2.25 bits per heavy atom. The van der Waals surface area contributed by atoms with Gasteiger partial charge in [-0.3, -0.25) is 9.59 Å². The molecule has 0 bridgehead atoms. The number of para-hydroxylation sites is 1. The molecule has 1 amide bonds. The molecule has 0 saturated carbocycles. The molecule has 0 saturated heterocycles. The topological polar surface area (TPSA) is 41.3 Å². The van der Waals surface area contributed by atoms with E-state index in [0.29, 0.717) is 11.1 Å². The second-order valence-electron chi connectivity index (χ2n) is 7.30. The lowest BCUT2D eigenvalue weighted by atomic mass is 10.0. The number of benzene rings is 2. The molecule has 140 valence electrons. The van der Waals surface area contributed by atoms with Gasteiger partial charge in [0.2, 0.25) is 6.04 Å². The zero-order valence-electron chi connectivity index (χ0n) is 16.1. The first kappa shape index (κ1) is 18.1. The predicted octanol–water partition coefficient (Wildman–Crippen LogP) is 3.74.